The molecule has 4 heterocycles. The maximum atomic E-state index is 12.8. The smallest absolute Gasteiger partial charge is 0.330 e. The Bertz CT molecular complexity index is 1300. The predicted octanol–water partition coefficient (Wildman–Crippen LogP) is 1.69. The molecule has 1 saturated heterocycles. The zero-order chi connectivity index (χ0) is 19.3. The molecule has 0 unspecified atom stereocenters. The van der Waals surface area contributed by atoms with Gasteiger partial charge in [-0.1, -0.05) is 0 Å². The number of ether oxygens (including phenoxy) is 1. The SMILES string of the molecule is Cn1c(=O)n(C2CCOCC2)c2nc(-n3cnc4ccc(C#N)cc43)ncc21. The summed E-state index contributed by atoms with van der Waals surface area (Å²) in [5, 5.41) is 9.19. The lowest BCUT2D eigenvalue weighted by molar-refractivity contribution is 0.0695. The summed E-state index contributed by atoms with van der Waals surface area (Å²) in [5.41, 5.74) is 3.21. The molecule has 1 aliphatic heterocycles. The van der Waals surface area contributed by atoms with Gasteiger partial charge in [-0.15, -0.1) is 0 Å². The molecule has 1 aliphatic rings. The first-order valence-corrected chi connectivity index (χ1v) is 9.06. The van der Waals surface area contributed by atoms with Gasteiger partial charge in [0.2, 0.25) is 5.95 Å². The summed E-state index contributed by atoms with van der Waals surface area (Å²) in [6.07, 6.45) is 4.84. The van der Waals surface area contributed by atoms with Gasteiger partial charge >= 0.3 is 5.69 Å². The number of rotatable bonds is 2. The van der Waals surface area contributed by atoms with Crippen LogP contribution < -0.4 is 5.69 Å². The van der Waals surface area contributed by atoms with E-state index in [0.29, 0.717) is 35.9 Å². The van der Waals surface area contributed by atoms with E-state index in [9.17, 15) is 10.1 Å². The van der Waals surface area contributed by atoms with Gasteiger partial charge in [-0.25, -0.2) is 14.8 Å². The van der Waals surface area contributed by atoms with Crippen molar-refractivity contribution < 1.29 is 4.74 Å². The van der Waals surface area contributed by atoms with Gasteiger partial charge in [-0.2, -0.15) is 10.2 Å². The monoisotopic (exact) mass is 375 g/mol. The van der Waals surface area contributed by atoms with E-state index in [-0.39, 0.29) is 11.7 Å². The highest BCUT2D eigenvalue weighted by molar-refractivity contribution is 5.79. The minimum atomic E-state index is -0.101. The van der Waals surface area contributed by atoms with E-state index in [1.165, 1.54) is 0 Å². The van der Waals surface area contributed by atoms with E-state index >= 15 is 0 Å². The quantitative estimate of drug-likeness (QED) is 0.528. The van der Waals surface area contributed by atoms with Gasteiger partial charge in [0.15, 0.2) is 5.65 Å². The first kappa shape index (κ1) is 16.6. The molecule has 0 bridgehead atoms. The van der Waals surface area contributed by atoms with Crippen molar-refractivity contribution in [1.29, 1.82) is 5.26 Å². The normalized spacial score (nSPS) is 15.3. The number of aromatic nitrogens is 6. The molecule has 0 spiro atoms. The van der Waals surface area contributed by atoms with Gasteiger partial charge in [0.05, 0.1) is 28.9 Å². The molecule has 4 aromatic rings. The molecule has 3 aromatic heterocycles. The van der Waals surface area contributed by atoms with Crippen LogP contribution in [-0.2, 0) is 11.8 Å². The molecule has 5 rings (SSSR count). The average molecular weight is 375 g/mol. The van der Waals surface area contributed by atoms with E-state index in [4.69, 9.17) is 9.72 Å². The van der Waals surface area contributed by atoms with E-state index in [0.717, 1.165) is 23.9 Å². The Balaban J connectivity index is 1.72. The Morgan fingerprint density at radius 1 is 1.21 bits per heavy atom. The number of nitriles is 1. The van der Waals surface area contributed by atoms with Crippen molar-refractivity contribution in [3.05, 3.63) is 46.8 Å². The Hall–Kier alpha value is -3.51. The fourth-order valence-corrected chi connectivity index (χ4v) is 3.75. The van der Waals surface area contributed by atoms with Crippen LogP contribution in [0.5, 0.6) is 0 Å². The van der Waals surface area contributed by atoms with Crippen molar-refractivity contribution in [3.8, 4) is 12.0 Å². The maximum absolute atomic E-state index is 12.8. The van der Waals surface area contributed by atoms with E-state index in [1.54, 1.807) is 51.5 Å². The van der Waals surface area contributed by atoms with E-state index < -0.39 is 0 Å². The summed E-state index contributed by atoms with van der Waals surface area (Å²) in [5.74, 6) is 0.413. The standard InChI is InChI=1S/C19H17N7O2/c1-24-16-10-21-18(25-11-22-14-3-2-12(9-20)8-15(14)25)23-17(16)26(19(24)27)13-4-6-28-7-5-13/h2-3,8,10-11,13H,4-7H2,1H3. The number of fused-ring (bicyclic) bond motifs is 2. The Kier molecular flexibility index (Phi) is 3.74. The topological polar surface area (TPSA) is 104 Å². The minimum Gasteiger partial charge on any atom is -0.381 e. The second-order valence-electron chi connectivity index (χ2n) is 6.86. The number of hydrogen-bond acceptors (Lipinski definition) is 6. The van der Waals surface area contributed by atoms with Crippen molar-refractivity contribution in [2.24, 2.45) is 7.05 Å². The van der Waals surface area contributed by atoms with Crippen molar-refractivity contribution in [3.63, 3.8) is 0 Å². The Labute approximate surface area is 159 Å². The molecule has 9 nitrogen and oxygen atoms in total. The number of aryl methyl sites for hydroxylation is 1. The molecule has 140 valence electrons. The second kappa shape index (κ2) is 6.28. The summed E-state index contributed by atoms with van der Waals surface area (Å²) in [6, 6.07) is 7.47. The van der Waals surface area contributed by atoms with Gasteiger partial charge in [0.1, 0.15) is 11.8 Å². The van der Waals surface area contributed by atoms with Crippen LogP contribution in [0.15, 0.2) is 35.5 Å². The zero-order valence-electron chi connectivity index (χ0n) is 15.2. The lowest BCUT2D eigenvalue weighted by Gasteiger charge is -2.22. The van der Waals surface area contributed by atoms with Crippen LogP contribution in [0.1, 0.15) is 24.4 Å². The summed E-state index contributed by atoms with van der Waals surface area (Å²) < 4.78 is 10.5. The van der Waals surface area contributed by atoms with E-state index in [2.05, 4.69) is 16.0 Å². The third-order valence-electron chi connectivity index (χ3n) is 5.27. The van der Waals surface area contributed by atoms with Crippen molar-refractivity contribution >= 4 is 22.2 Å². The first-order valence-electron chi connectivity index (χ1n) is 9.06. The highest BCUT2D eigenvalue weighted by Gasteiger charge is 2.23. The summed E-state index contributed by atoms with van der Waals surface area (Å²) in [6.45, 7) is 1.27. The molecule has 0 N–H and O–H groups in total. The fourth-order valence-electron chi connectivity index (χ4n) is 3.75. The lowest BCUT2D eigenvalue weighted by atomic mass is 10.1. The fraction of sp³-hybridized carbons (Fsp3) is 0.316. The zero-order valence-corrected chi connectivity index (χ0v) is 15.2. The molecule has 28 heavy (non-hydrogen) atoms. The summed E-state index contributed by atoms with van der Waals surface area (Å²) in [7, 11) is 1.73. The molecule has 0 aliphatic carbocycles. The van der Waals surface area contributed by atoms with Gasteiger partial charge < -0.3 is 4.74 Å². The maximum Gasteiger partial charge on any atom is 0.330 e. The molecule has 0 saturated carbocycles. The largest absolute Gasteiger partial charge is 0.381 e. The van der Waals surface area contributed by atoms with Crippen molar-refractivity contribution in [1.82, 2.24) is 28.7 Å². The lowest BCUT2D eigenvalue weighted by Crippen LogP contribution is -2.30. The van der Waals surface area contributed by atoms with Gasteiger partial charge in [0.25, 0.3) is 0 Å². The van der Waals surface area contributed by atoms with Crippen LogP contribution in [0.25, 0.3) is 28.1 Å². The van der Waals surface area contributed by atoms with Crippen molar-refractivity contribution in [2.45, 2.75) is 18.9 Å². The minimum absolute atomic E-state index is 0.0532. The van der Waals surface area contributed by atoms with Crippen LogP contribution in [0.4, 0.5) is 0 Å². The van der Waals surface area contributed by atoms with Gasteiger partial charge in [-0.3, -0.25) is 13.7 Å². The molecular weight excluding hydrogens is 358 g/mol. The molecule has 0 amide bonds. The van der Waals surface area contributed by atoms with Crippen LogP contribution in [0, 0.1) is 11.3 Å². The highest BCUT2D eigenvalue weighted by Crippen LogP contribution is 2.24. The van der Waals surface area contributed by atoms with E-state index in [1.807, 2.05) is 0 Å². The number of hydrogen-bond donors (Lipinski definition) is 0. The molecule has 1 aromatic carbocycles. The van der Waals surface area contributed by atoms with Crippen LogP contribution >= 0.6 is 0 Å². The first-order chi connectivity index (χ1) is 13.7. The Morgan fingerprint density at radius 3 is 2.82 bits per heavy atom. The molecule has 0 radical (unpaired) electrons. The number of imidazole rings is 2. The van der Waals surface area contributed by atoms with Crippen LogP contribution in [0.2, 0.25) is 0 Å². The molecule has 9 heteroatoms. The molecular formula is C19H17N7O2. The molecule has 0 atom stereocenters. The number of benzene rings is 1. The third kappa shape index (κ3) is 2.42. The highest BCUT2D eigenvalue weighted by atomic mass is 16.5. The summed E-state index contributed by atoms with van der Waals surface area (Å²) in [4.78, 5) is 26.4. The van der Waals surface area contributed by atoms with Gasteiger partial charge in [0, 0.05) is 26.3 Å². The van der Waals surface area contributed by atoms with Gasteiger partial charge in [-0.05, 0) is 31.0 Å². The van der Waals surface area contributed by atoms with Crippen molar-refractivity contribution in [2.75, 3.05) is 13.2 Å². The Morgan fingerprint density at radius 2 is 2.04 bits per heavy atom. The van der Waals surface area contributed by atoms with Crippen LogP contribution in [0.3, 0.4) is 0 Å². The second-order valence-corrected chi connectivity index (χ2v) is 6.86. The predicted molar refractivity (Wildman–Crippen MR) is 101 cm³/mol. The van der Waals surface area contributed by atoms with Crippen LogP contribution in [-0.4, -0.2) is 41.9 Å². The third-order valence-corrected chi connectivity index (χ3v) is 5.27. The summed E-state index contributed by atoms with van der Waals surface area (Å²) >= 11 is 0. The molecule has 1 fully saturated rings. The average Bonchev–Trinajstić information content (AvgIpc) is 3.27. The number of nitrogens with zero attached hydrogens (tertiary/aromatic N) is 7.